The number of ether oxygens (including phenoxy) is 2. The predicted molar refractivity (Wildman–Crippen MR) is 130 cm³/mol. The summed E-state index contributed by atoms with van der Waals surface area (Å²) in [7, 11) is 3.16. The zero-order valence-corrected chi connectivity index (χ0v) is 19.9. The Kier molecular flexibility index (Phi) is 6.72. The SMILES string of the molecule is COc1ccc(-c2nc(NC(=O)C3=C(O)C(CC(C)C)NC3=O)nn2-c2ccc(OC)cc2)cc1. The Balaban J connectivity index is 1.68. The molecule has 10 nitrogen and oxygen atoms in total. The van der Waals surface area contributed by atoms with Crippen LogP contribution in [0.1, 0.15) is 20.3 Å². The molecule has 0 saturated carbocycles. The number of benzene rings is 2. The number of methoxy groups -OCH3 is 2. The number of carbonyl (C=O) groups excluding carboxylic acids is 2. The second-order valence-corrected chi connectivity index (χ2v) is 8.47. The molecule has 2 aromatic carbocycles. The molecule has 4 rings (SSSR count). The van der Waals surface area contributed by atoms with E-state index in [9.17, 15) is 14.7 Å². The topological polar surface area (TPSA) is 128 Å². The van der Waals surface area contributed by atoms with Gasteiger partial charge in [0.2, 0.25) is 5.95 Å². The molecule has 3 N–H and O–H groups in total. The highest BCUT2D eigenvalue weighted by Gasteiger charge is 2.36. The Bertz CT molecular complexity index is 1200. The number of amides is 2. The summed E-state index contributed by atoms with van der Waals surface area (Å²) in [4.78, 5) is 29.8. The molecular weight excluding hydrogens is 450 g/mol. The average Bonchev–Trinajstić information content (AvgIpc) is 3.38. The van der Waals surface area contributed by atoms with Crippen LogP contribution in [0.25, 0.3) is 17.1 Å². The third-order valence-electron chi connectivity index (χ3n) is 5.55. The van der Waals surface area contributed by atoms with Crippen molar-refractivity contribution in [1.82, 2.24) is 20.1 Å². The number of aliphatic hydroxyl groups is 1. The molecule has 0 spiro atoms. The third kappa shape index (κ3) is 4.96. The maximum absolute atomic E-state index is 12.9. The Labute approximate surface area is 202 Å². The molecule has 1 unspecified atom stereocenters. The van der Waals surface area contributed by atoms with Gasteiger partial charge in [0.05, 0.1) is 25.9 Å². The minimum absolute atomic E-state index is 0.0166. The van der Waals surface area contributed by atoms with Gasteiger partial charge >= 0.3 is 0 Å². The van der Waals surface area contributed by atoms with Crippen LogP contribution in [0.5, 0.6) is 11.5 Å². The molecule has 10 heteroatoms. The van der Waals surface area contributed by atoms with Crippen LogP contribution in [0.4, 0.5) is 5.95 Å². The molecule has 0 radical (unpaired) electrons. The summed E-state index contributed by atoms with van der Waals surface area (Å²) in [6, 6.07) is 13.8. The first kappa shape index (κ1) is 23.8. The molecule has 1 atom stereocenters. The molecule has 0 fully saturated rings. The van der Waals surface area contributed by atoms with Crippen LogP contribution in [0, 0.1) is 5.92 Å². The van der Waals surface area contributed by atoms with Gasteiger partial charge in [0.1, 0.15) is 22.8 Å². The van der Waals surface area contributed by atoms with Gasteiger partial charge in [0, 0.05) is 5.56 Å². The van der Waals surface area contributed by atoms with E-state index in [2.05, 4.69) is 20.7 Å². The van der Waals surface area contributed by atoms with Gasteiger partial charge in [-0.15, -0.1) is 5.10 Å². The van der Waals surface area contributed by atoms with E-state index < -0.39 is 17.9 Å². The molecule has 1 aliphatic heterocycles. The van der Waals surface area contributed by atoms with E-state index in [-0.39, 0.29) is 23.2 Å². The lowest BCUT2D eigenvalue weighted by atomic mass is 10.0. The highest BCUT2D eigenvalue weighted by atomic mass is 16.5. The Morgan fingerprint density at radius 3 is 2.26 bits per heavy atom. The van der Waals surface area contributed by atoms with Crippen LogP contribution in [0.3, 0.4) is 0 Å². The molecule has 2 amide bonds. The fraction of sp³-hybridized carbons (Fsp3) is 0.280. The van der Waals surface area contributed by atoms with Crippen LogP contribution in [-0.4, -0.2) is 51.9 Å². The summed E-state index contributed by atoms with van der Waals surface area (Å²) >= 11 is 0. The quantitative estimate of drug-likeness (QED) is 0.425. The van der Waals surface area contributed by atoms with Crippen molar-refractivity contribution in [3.8, 4) is 28.6 Å². The van der Waals surface area contributed by atoms with Crippen molar-refractivity contribution in [2.75, 3.05) is 19.5 Å². The summed E-state index contributed by atoms with van der Waals surface area (Å²) in [5, 5.41) is 20.1. The van der Waals surface area contributed by atoms with Crippen molar-refractivity contribution in [1.29, 1.82) is 0 Å². The van der Waals surface area contributed by atoms with E-state index in [0.29, 0.717) is 29.4 Å². The summed E-state index contributed by atoms with van der Waals surface area (Å²) in [6.07, 6.45) is 0.514. The lowest BCUT2D eigenvalue weighted by Gasteiger charge is -2.12. The maximum Gasteiger partial charge on any atom is 0.267 e. The lowest BCUT2D eigenvalue weighted by molar-refractivity contribution is -0.120. The number of aliphatic hydroxyl groups excluding tert-OH is 1. The minimum atomic E-state index is -0.778. The molecule has 0 saturated heterocycles. The Hall–Kier alpha value is -4.34. The van der Waals surface area contributed by atoms with E-state index in [1.165, 1.54) is 0 Å². The zero-order valence-electron chi connectivity index (χ0n) is 19.9. The normalized spacial score (nSPS) is 15.3. The highest BCUT2D eigenvalue weighted by Crippen LogP contribution is 2.27. The molecular formula is C25H27N5O5. The summed E-state index contributed by atoms with van der Waals surface area (Å²) in [5.41, 5.74) is 1.08. The molecule has 0 aliphatic carbocycles. The molecule has 182 valence electrons. The van der Waals surface area contributed by atoms with E-state index in [1.54, 1.807) is 55.3 Å². The number of aromatic nitrogens is 3. The van der Waals surface area contributed by atoms with Crippen molar-refractivity contribution in [2.24, 2.45) is 5.92 Å². The first-order chi connectivity index (χ1) is 16.8. The van der Waals surface area contributed by atoms with E-state index in [4.69, 9.17) is 9.47 Å². The van der Waals surface area contributed by atoms with Crippen molar-refractivity contribution in [3.05, 3.63) is 59.9 Å². The average molecular weight is 478 g/mol. The number of rotatable bonds is 8. The van der Waals surface area contributed by atoms with Gasteiger partial charge in [0.15, 0.2) is 5.82 Å². The second-order valence-electron chi connectivity index (χ2n) is 8.47. The summed E-state index contributed by atoms with van der Waals surface area (Å²) in [6.45, 7) is 3.93. The molecule has 2 heterocycles. The van der Waals surface area contributed by atoms with Gasteiger partial charge in [0.25, 0.3) is 11.8 Å². The van der Waals surface area contributed by atoms with Crippen LogP contribution in [0.15, 0.2) is 59.9 Å². The van der Waals surface area contributed by atoms with Crippen LogP contribution in [-0.2, 0) is 9.59 Å². The third-order valence-corrected chi connectivity index (χ3v) is 5.55. The summed E-state index contributed by atoms with van der Waals surface area (Å²) < 4.78 is 12.0. The van der Waals surface area contributed by atoms with E-state index >= 15 is 0 Å². The standard InChI is InChI=1S/C25H27N5O5/c1-14(2)13-19-21(31)20(23(32)26-19)24(33)28-25-27-22(15-5-9-17(34-3)10-6-15)30(29-25)16-7-11-18(35-4)12-8-16/h5-12,14,19,31H,13H2,1-4H3,(H,26,32)(H,28,29,33). The Morgan fingerprint density at radius 1 is 1.09 bits per heavy atom. The van der Waals surface area contributed by atoms with Gasteiger partial charge in [-0.2, -0.15) is 4.98 Å². The second kappa shape index (κ2) is 9.88. The number of nitrogens with one attached hydrogen (secondary N) is 2. The van der Waals surface area contributed by atoms with Gasteiger partial charge in [-0.05, 0) is 60.9 Å². The first-order valence-corrected chi connectivity index (χ1v) is 11.1. The monoisotopic (exact) mass is 477 g/mol. The minimum Gasteiger partial charge on any atom is -0.509 e. The largest absolute Gasteiger partial charge is 0.509 e. The number of hydrogen-bond acceptors (Lipinski definition) is 7. The van der Waals surface area contributed by atoms with Crippen molar-refractivity contribution in [2.45, 2.75) is 26.3 Å². The van der Waals surface area contributed by atoms with Gasteiger partial charge < -0.3 is 19.9 Å². The molecule has 0 bridgehead atoms. The number of nitrogens with zero attached hydrogens (tertiary/aromatic N) is 3. The fourth-order valence-corrected chi connectivity index (χ4v) is 3.81. The van der Waals surface area contributed by atoms with Crippen LogP contribution in [0.2, 0.25) is 0 Å². The van der Waals surface area contributed by atoms with Gasteiger partial charge in [-0.3, -0.25) is 14.9 Å². The Morgan fingerprint density at radius 2 is 1.69 bits per heavy atom. The van der Waals surface area contributed by atoms with Gasteiger partial charge in [-0.1, -0.05) is 13.8 Å². The molecule has 1 aromatic heterocycles. The zero-order chi connectivity index (χ0) is 25.1. The van der Waals surface area contributed by atoms with Crippen LogP contribution < -0.4 is 20.1 Å². The van der Waals surface area contributed by atoms with Crippen molar-refractivity contribution >= 4 is 17.8 Å². The molecule has 1 aliphatic rings. The number of carbonyl (C=O) groups is 2. The maximum atomic E-state index is 12.9. The number of hydrogen-bond donors (Lipinski definition) is 3. The van der Waals surface area contributed by atoms with Gasteiger partial charge in [-0.25, -0.2) is 4.68 Å². The highest BCUT2D eigenvalue weighted by molar-refractivity contribution is 6.24. The van der Waals surface area contributed by atoms with E-state index in [0.717, 1.165) is 5.56 Å². The number of anilines is 1. The van der Waals surface area contributed by atoms with E-state index in [1.807, 2.05) is 26.0 Å². The molecule has 35 heavy (non-hydrogen) atoms. The molecule has 3 aromatic rings. The smallest absolute Gasteiger partial charge is 0.267 e. The van der Waals surface area contributed by atoms with Crippen molar-refractivity contribution in [3.63, 3.8) is 0 Å². The van der Waals surface area contributed by atoms with Crippen LogP contribution >= 0.6 is 0 Å². The first-order valence-electron chi connectivity index (χ1n) is 11.1. The lowest BCUT2D eigenvalue weighted by Crippen LogP contribution is -2.31. The predicted octanol–water partition coefficient (Wildman–Crippen LogP) is 3.25. The summed E-state index contributed by atoms with van der Waals surface area (Å²) in [5.74, 6) is 0.347. The van der Waals surface area contributed by atoms with Crippen molar-refractivity contribution < 1.29 is 24.2 Å². The fourth-order valence-electron chi connectivity index (χ4n) is 3.81.